The molecule has 0 aliphatic heterocycles. The Bertz CT molecular complexity index is 307. The third-order valence-corrected chi connectivity index (χ3v) is 3.03. The van der Waals surface area contributed by atoms with Gasteiger partial charge in [0.2, 0.25) is 0 Å². The topological polar surface area (TPSA) is 12.9 Å². The molecule has 0 amide bonds. The van der Waals surface area contributed by atoms with Crippen LogP contribution in [0.4, 0.5) is 0 Å². The van der Waals surface area contributed by atoms with Gasteiger partial charge in [0.05, 0.1) is 10.7 Å². The van der Waals surface area contributed by atoms with E-state index in [1.807, 2.05) is 0 Å². The predicted octanol–water partition coefficient (Wildman–Crippen LogP) is 3.26. The van der Waals surface area contributed by atoms with Crippen LogP contribution in [0.2, 0.25) is 0 Å². The van der Waals surface area contributed by atoms with E-state index in [0.717, 1.165) is 16.6 Å². The van der Waals surface area contributed by atoms with Crippen LogP contribution >= 0.6 is 11.3 Å². The molecule has 1 saturated carbocycles. The second-order valence-electron chi connectivity index (χ2n) is 3.45. The lowest BCUT2D eigenvalue weighted by Gasteiger charge is -1.93. The minimum Gasteiger partial charge on any atom is -0.242 e. The van der Waals surface area contributed by atoms with Gasteiger partial charge in [-0.15, -0.1) is 11.3 Å². The molecule has 12 heavy (non-hydrogen) atoms. The number of aryl methyl sites for hydroxylation is 1. The van der Waals surface area contributed by atoms with Gasteiger partial charge in [-0.2, -0.15) is 0 Å². The van der Waals surface area contributed by atoms with Gasteiger partial charge >= 0.3 is 0 Å². The Kier molecular flexibility index (Phi) is 2.01. The van der Waals surface area contributed by atoms with Crippen molar-refractivity contribution in [3.8, 4) is 0 Å². The number of thiazole rings is 1. The molecule has 0 bridgehead atoms. The zero-order chi connectivity index (χ0) is 8.55. The van der Waals surface area contributed by atoms with E-state index < -0.39 is 0 Å². The van der Waals surface area contributed by atoms with E-state index >= 15 is 0 Å². The molecule has 0 radical (unpaired) electrons. The van der Waals surface area contributed by atoms with E-state index in [-0.39, 0.29) is 0 Å². The van der Waals surface area contributed by atoms with Crippen LogP contribution in [0.25, 0.3) is 6.08 Å². The summed E-state index contributed by atoms with van der Waals surface area (Å²) in [5.74, 6) is 0.868. The van der Waals surface area contributed by atoms with E-state index in [0.29, 0.717) is 0 Å². The molecule has 1 heterocycles. The third-order valence-electron chi connectivity index (χ3n) is 2.23. The van der Waals surface area contributed by atoms with Crippen molar-refractivity contribution in [3.05, 3.63) is 21.7 Å². The van der Waals surface area contributed by atoms with Gasteiger partial charge in [-0.3, -0.25) is 0 Å². The van der Waals surface area contributed by atoms with Crippen molar-refractivity contribution < 1.29 is 0 Å². The van der Waals surface area contributed by atoms with Crippen molar-refractivity contribution in [3.63, 3.8) is 0 Å². The smallest absolute Gasteiger partial charge is 0.0901 e. The Balaban J connectivity index is 2.15. The van der Waals surface area contributed by atoms with Crippen molar-refractivity contribution in [2.75, 3.05) is 0 Å². The Labute approximate surface area is 77.2 Å². The zero-order valence-electron chi connectivity index (χ0n) is 7.50. The van der Waals surface area contributed by atoms with Crippen molar-refractivity contribution in [1.29, 1.82) is 0 Å². The molecule has 0 saturated heterocycles. The number of aromatic nitrogens is 1. The summed E-state index contributed by atoms with van der Waals surface area (Å²) in [4.78, 5) is 4.40. The fourth-order valence-electron chi connectivity index (χ4n) is 1.34. The maximum absolute atomic E-state index is 4.40. The lowest BCUT2D eigenvalue weighted by Crippen LogP contribution is -1.79. The molecule has 1 aliphatic carbocycles. The van der Waals surface area contributed by atoms with E-state index in [9.17, 15) is 0 Å². The highest BCUT2D eigenvalue weighted by Crippen LogP contribution is 2.36. The van der Waals surface area contributed by atoms with Crippen LogP contribution in [0.15, 0.2) is 11.0 Å². The number of hydrogen-bond donors (Lipinski definition) is 0. The summed E-state index contributed by atoms with van der Waals surface area (Å²) in [5, 5.41) is 3.28. The van der Waals surface area contributed by atoms with E-state index in [4.69, 9.17) is 0 Å². The summed E-state index contributed by atoms with van der Waals surface area (Å²) >= 11 is 1.72. The standard InChI is InChI=1S/C10H13NS/c1-7(9-3-4-9)5-10-6-12-8(2)11-10/h5-6,9H,3-4H2,1-2H3/b7-5+. The van der Waals surface area contributed by atoms with Crippen LogP contribution in [0.5, 0.6) is 0 Å². The first-order valence-corrected chi connectivity index (χ1v) is 5.24. The lowest BCUT2D eigenvalue weighted by molar-refractivity contribution is 1.02. The molecule has 1 aromatic rings. The Morgan fingerprint density at radius 3 is 2.92 bits per heavy atom. The van der Waals surface area contributed by atoms with Crippen LogP contribution in [0.1, 0.15) is 30.5 Å². The first kappa shape index (κ1) is 7.99. The van der Waals surface area contributed by atoms with Gasteiger partial charge in [0.15, 0.2) is 0 Å². The SMILES string of the molecule is C/C(=C\c1csc(C)n1)C1CC1. The lowest BCUT2D eigenvalue weighted by atomic mass is 10.2. The highest BCUT2D eigenvalue weighted by atomic mass is 32.1. The van der Waals surface area contributed by atoms with Crippen LogP contribution < -0.4 is 0 Å². The summed E-state index contributed by atoms with van der Waals surface area (Å²) < 4.78 is 0. The molecule has 1 aliphatic rings. The van der Waals surface area contributed by atoms with Gasteiger partial charge < -0.3 is 0 Å². The Hall–Kier alpha value is -0.630. The highest BCUT2D eigenvalue weighted by Gasteiger charge is 2.22. The van der Waals surface area contributed by atoms with Gasteiger partial charge in [0, 0.05) is 5.38 Å². The minimum atomic E-state index is 0.868. The molecule has 1 fully saturated rings. The van der Waals surface area contributed by atoms with Crippen molar-refractivity contribution in [1.82, 2.24) is 4.98 Å². The Morgan fingerprint density at radius 2 is 2.42 bits per heavy atom. The molecule has 64 valence electrons. The molecule has 0 aromatic carbocycles. The highest BCUT2D eigenvalue weighted by molar-refractivity contribution is 7.09. The van der Waals surface area contributed by atoms with Crippen LogP contribution in [0, 0.1) is 12.8 Å². The van der Waals surface area contributed by atoms with Crippen LogP contribution in [0.3, 0.4) is 0 Å². The van der Waals surface area contributed by atoms with Gasteiger partial charge in [-0.1, -0.05) is 5.57 Å². The first-order valence-electron chi connectivity index (χ1n) is 4.36. The fraction of sp³-hybridized carbons (Fsp3) is 0.500. The average molecular weight is 179 g/mol. The fourth-order valence-corrected chi connectivity index (χ4v) is 1.91. The maximum atomic E-state index is 4.40. The molecule has 2 rings (SSSR count). The van der Waals surface area contributed by atoms with E-state index in [1.54, 1.807) is 11.3 Å². The quantitative estimate of drug-likeness (QED) is 0.679. The predicted molar refractivity (Wildman–Crippen MR) is 53.2 cm³/mol. The van der Waals surface area contributed by atoms with E-state index in [1.165, 1.54) is 18.4 Å². The monoisotopic (exact) mass is 179 g/mol. The molecular formula is C10H13NS. The second-order valence-corrected chi connectivity index (χ2v) is 4.52. The molecule has 0 N–H and O–H groups in total. The van der Waals surface area contributed by atoms with Crippen molar-refractivity contribution >= 4 is 17.4 Å². The molecule has 1 aromatic heterocycles. The van der Waals surface area contributed by atoms with E-state index in [2.05, 4.69) is 30.3 Å². The molecular weight excluding hydrogens is 166 g/mol. The largest absolute Gasteiger partial charge is 0.242 e. The average Bonchev–Trinajstić information content (AvgIpc) is 2.78. The Morgan fingerprint density at radius 1 is 1.67 bits per heavy atom. The summed E-state index contributed by atoms with van der Waals surface area (Å²) in [6.07, 6.45) is 4.98. The number of rotatable bonds is 2. The van der Waals surface area contributed by atoms with Crippen LogP contribution in [-0.4, -0.2) is 4.98 Å². The van der Waals surface area contributed by atoms with Crippen molar-refractivity contribution in [2.45, 2.75) is 26.7 Å². The normalized spacial score (nSPS) is 18.3. The summed E-state index contributed by atoms with van der Waals surface area (Å²) in [6.45, 7) is 4.26. The number of allylic oxidation sites excluding steroid dienone is 1. The van der Waals surface area contributed by atoms with Gasteiger partial charge in [0.25, 0.3) is 0 Å². The zero-order valence-corrected chi connectivity index (χ0v) is 8.32. The molecule has 0 spiro atoms. The molecule has 1 nitrogen and oxygen atoms in total. The van der Waals surface area contributed by atoms with Gasteiger partial charge in [-0.25, -0.2) is 4.98 Å². The van der Waals surface area contributed by atoms with Crippen LogP contribution in [-0.2, 0) is 0 Å². The van der Waals surface area contributed by atoms with Gasteiger partial charge in [-0.05, 0) is 38.7 Å². The third kappa shape index (κ3) is 1.75. The first-order chi connectivity index (χ1) is 5.75. The summed E-state index contributed by atoms with van der Waals surface area (Å²) in [5.41, 5.74) is 2.64. The molecule has 2 heteroatoms. The molecule has 0 atom stereocenters. The number of nitrogens with zero attached hydrogens (tertiary/aromatic N) is 1. The summed E-state index contributed by atoms with van der Waals surface area (Å²) in [7, 11) is 0. The van der Waals surface area contributed by atoms with Gasteiger partial charge in [0.1, 0.15) is 0 Å². The molecule has 0 unspecified atom stereocenters. The second kappa shape index (κ2) is 3.02. The number of hydrogen-bond acceptors (Lipinski definition) is 2. The maximum Gasteiger partial charge on any atom is 0.0901 e. The minimum absolute atomic E-state index is 0.868. The summed E-state index contributed by atoms with van der Waals surface area (Å²) in [6, 6.07) is 0. The van der Waals surface area contributed by atoms with Crippen molar-refractivity contribution in [2.24, 2.45) is 5.92 Å².